The van der Waals surface area contributed by atoms with E-state index in [1.165, 1.54) is 7.11 Å². The van der Waals surface area contributed by atoms with E-state index < -0.39 is 5.97 Å². The van der Waals surface area contributed by atoms with Gasteiger partial charge in [-0.2, -0.15) is 0 Å². The van der Waals surface area contributed by atoms with Gasteiger partial charge in [-0.15, -0.1) is 0 Å². The minimum atomic E-state index is -1.21. The van der Waals surface area contributed by atoms with Crippen molar-refractivity contribution < 1.29 is 24.2 Å². The molecular formula is C23H23N5O5. The summed E-state index contributed by atoms with van der Waals surface area (Å²) < 4.78 is 10.7. The van der Waals surface area contributed by atoms with Crippen LogP contribution >= 0.6 is 0 Å². The summed E-state index contributed by atoms with van der Waals surface area (Å²) in [5.74, 6) is -0.437. The summed E-state index contributed by atoms with van der Waals surface area (Å²) in [7, 11) is 1.40. The number of carboxylic acids is 1. The van der Waals surface area contributed by atoms with Gasteiger partial charge < -0.3 is 30.1 Å². The van der Waals surface area contributed by atoms with Crippen molar-refractivity contribution in [2.75, 3.05) is 48.9 Å². The molecule has 10 heteroatoms. The fourth-order valence-electron chi connectivity index (χ4n) is 3.41. The number of carboxylic acid groups (broad SMARTS) is 1. The molecule has 0 spiro atoms. The number of rotatable bonds is 6. The number of para-hydroxylation sites is 1. The van der Waals surface area contributed by atoms with Crippen LogP contribution in [0, 0.1) is 0 Å². The first kappa shape index (κ1) is 22.0. The lowest BCUT2D eigenvalue weighted by Gasteiger charge is -2.29. The van der Waals surface area contributed by atoms with Gasteiger partial charge in [0.05, 0.1) is 20.3 Å². The molecule has 0 aliphatic carbocycles. The fraction of sp³-hybridized carbons (Fsp3) is 0.217. The van der Waals surface area contributed by atoms with Crippen LogP contribution < -0.4 is 20.3 Å². The van der Waals surface area contributed by atoms with E-state index in [9.17, 15) is 14.7 Å². The van der Waals surface area contributed by atoms with E-state index in [1.807, 2.05) is 23.1 Å². The first-order valence-electron chi connectivity index (χ1n) is 10.3. The number of amides is 2. The van der Waals surface area contributed by atoms with E-state index in [2.05, 4.69) is 20.6 Å². The Morgan fingerprint density at radius 1 is 0.970 bits per heavy atom. The van der Waals surface area contributed by atoms with E-state index in [0.717, 1.165) is 0 Å². The Bertz CT molecular complexity index is 1130. The molecule has 0 atom stereocenters. The lowest BCUT2D eigenvalue weighted by Crippen LogP contribution is -2.37. The first-order chi connectivity index (χ1) is 16.0. The monoisotopic (exact) mass is 449 g/mol. The van der Waals surface area contributed by atoms with Crippen molar-refractivity contribution in [1.29, 1.82) is 0 Å². The minimum Gasteiger partial charge on any atom is -0.491 e. The van der Waals surface area contributed by atoms with Crippen LogP contribution in [0.4, 0.5) is 22.0 Å². The molecule has 2 aromatic carbocycles. The Labute approximate surface area is 190 Å². The number of anilines is 3. The third kappa shape index (κ3) is 5.18. The van der Waals surface area contributed by atoms with E-state index in [4.69, 9.17) is 9.47 Å². The third-order valence-corrected chi connectivity index (χ3v) is 5.00. The Morgan fingerprint density at radius 2 is 1.61 bits per heavy atom. The van der Waals surface area contributed by atoms with Crippen LogP contribution in [-0.4, -0.2) is 60.5 Å². The van der Waals surface area contributed by atoms with Crippen LogP contribution in [0.1, 0.15) is 10.5 Å². The summed E-state index contributed by atoms with van der Waals surface area (Å²) in [6.07, 6.45) is 0. The number of morpholine rings is 1. The van der Waals surface area contributed by atoms with Gasteiger partial charge in [-0.1, -0.05) is 18.2 Å². The predicted octanol–water partition coefficient (Wildman–Crippen LogP) is 3.33. The van der Waals surface area contributed by atoms with Crippen molar-refractivity contribution in [1.82, 2.24) is 9.97 Å². The van der Waals surface area contributed by atoms with Crippen LogP contribution in [0.2, 0.25) is 0 Å². The number of ether oxygens (including phenoxy) is 2. The Balaban J connectivity index is 1.58. The van der Waals surface area contributed by atoms with E-state index in [-0.39, 0.29) is 23.3 Å². The number of nitrogens with one attached hydrogen (secondary N) is 2. The van der Waals surface area contributed by atoms with Crippen molar-refractivity contribution in [3.63, 3.8) is 0 Å². The zero-order valence-corrected chi connectivity index (χ0v) is 17.9. The smallest absolute Gasteiger partial charge is 0.358 e. The average Bonchev–Trinajstić information content (AvgIpc) is 2.84. The Kier molecular flexibility index (Phi) is 6.65. The van der Waals surface area contributed by atoms with Gasteiger partial charge in [0.25, 0.3) is 0 Å². The number of carbonyl (C=O) groups excluding carboxylic acids is 1. The molecule has 1 fully saturated rings. The summed E-state index contributed by atoms with van der Waals surface area (Å²) in [6.45, 7) is 2.14. The average molecular weight is 449 g/mol. The third-order valence-electron chi connectivity index (χ3n) is 5.00. The Morgan fingerprint density at radius 3 is 2.21 bits per heavy atom. The molecule has 0 radical (unpaired) electrons. The molecule has 2 heterocycles. The van der Waals surface area contributed by atoms with Crippen molar-refractivity contribution in [2.24, 2.45) is 0 Å². The van der Waals surface area contributed by atoms with Crippen LogP contribution in [0.3, 0.4) is 0 Å². The van der Waals surface area contributed by atoms with Gasteiger partial charge in [-0.3, -0.25) is 0 Å². The number of methoxy groups -OCH3 is 1. The molecule has 2 amide bonds. The van der Waals surface area contributed by atoms with E-state index in [0.29, 0.717) is 49.1 Å². The van der Waals surface area contributed by atoms with Gasteiger partial charge in [0, 0.05) is 30.0 Å². The SMILES string of the molecule is COc1c(C(=O)O)nc(-c2ccc(NC(=O)Nc3ccccc3)cc2)nc1N1CCOCC1. The molecule has 1 aliphatic rings. The van der Waals surface area contributed by atoms with Crippen molar-refractivity contribution >= 4 is 29.2 Å². The molecule has 3 aromatic rings. The van der Waals surface area contributed by atoms with E-state index >= 15 is 0 Å². The lowest BCUT2D eigenvalue weighted by atomic mass is 10.2. The highest BCUT2D eigenvalue weighted by molar-refractivity contribution is 5.99. The number of benzene rings is 2. The number of nitrogens with zero attached hydrogens (tertiary/aromatic N) is 3. The molecule has 10 nitrogen and oxygen atoms in total. The topological polar surface area (TPSA) is 126 Å². The van der Waals surface area contributed by atoms with Crippen LogP contribution in [0.25, 0.3) is 11.4 Å². The van der Waals surface area contributed by atoms with Gasteiger partial charge in [0.1, 0.15) is 0 Å². The number of urea groups is 1. The normalized spacial score (nSPS) is 13.3. The molecule has 170 valence electrons. The zero-order chi connectivity index (χ0) is 23.2. The molecule has 1 saturated heterocycles. The highest BCUT2D eigenvalue weighted by atomic mass is 16.5. The standard InChI is InChI=1S/C23H23N5O5/c1-32-19-18(22(29)30)26-20(27-21(19)28-11-13-33-14-12-28)15-7-9-17(10-8-15)25-23(31)24-16-5-3-2-4-6-16/h2-10H,11-14H2,1H3,(H,29,30)(H2,24,25,31). The quantitative estimate of drug-likeness (QED) is 0.523. The van der Waals surface area contributed by atoms with Crippen LogP contribution in [0.15, 0.2) is 54.6 Å². The van der Waals surface area contributed by atoms with Crippen LogP contribution in [-0.2, 0) is 4.74 Å². The van der Waals surface area contributed by atoms with Gasteiger partial charge >= 0.3 is 12.0 Å². The van der Waals surface area contributed by atoms with Gasteiger partial charge in [0.2, 0.25) is 0 Å². The fourth-order valence-corrected chi connectivity index (χ4v) is 3.41. The molecule has 1 aromatic heterocycles. The summed E-state index contributed by atoms with van der Waals surface area (Å²) in [6, 6.07) is 15.5. The van der Waals surface area contributed by atoms with Crippen LogP contribution in [0.5, 0.6) is 5.75 Å². The number of aromatic carboxylic acids is 1. The second-order valence-corrected chi connectivity index (χ2v) is 7.18. The largest absolute Gasteiger partial charge is 0.491 e. The zero-order valence-electron chi connectivity index (χ0n) is 17.9. The Hall–Kier alpha value is -4.18. The molecule has 1 aliphatic heterocycles. The molecular weight excluding hydrogens is 426 g/mol. The second kappa shape index (κ2) is 9.96. The molecule has 0 unspecified atom stereocenters. The summed E-state index contributed by atoms with van der Waals surface area (Å²) in [4.78, 5) is 34.8. The van der Waals surface area contributed by atoms with Gasteiger partial charge in [0.15, 0.2) is 23.1 Å². The number of hydrogen-bond acceptors (Lipinski definition) is 7. The van der Waals surface area contributed by atoms with Gasteiger partial charge in [-0.25, -0.2) is 19.6 Å². The van der Waals surface area contributed by atoms with Crippen molar-refractivity contribution in [3.05, 3.63) is 60.3 Å². The number of hydrogen-bond donors (Lipinski definition) is 3. The molecule has 4 rings (SSSR count). The molecule has 0 bridgehead atoms. The first-order valence-corrected chi connectivity index (χ1v) is 10.3. The molecule has 33 heavy (non-hydrogen) atoms. The highest BCUT2D eigenvalue weighted by Gasteiger charge is 2.26. The summed E-state index contributed by atoms with van der Waals surface area (Å²) in [5, 5.41) is 15.2. The molecule has 3 N–H and O–H groups in total. The lowest BCUT2D eigenvalue weighted by molar-refractivity contribution is 0.0686. The summed E-state index contributed by atoms with van der Waals surface area (Å²) in [5.41, 5.74) is 1.62. The second-order valence-electron chi connectivity index (χ2n) is 7.18. The maximum Gasteiger partial charge on any atom is 0.358 e. The minimum absolute atomic E-state index is 0.115. The highest BCUT2D eigenvalue weighted by Crippen LogP contribution is 2.32. The number of carbonyl (C=O) groups is 2. The van der Waals surface area contributed by atoms with Gasteiger partial charge in [-0.05, 0) is 36.4 Å². The maximum atomic E-state index is 12.2. The number of aromatic nitrogens is 2. The van der Waals surface area contributed by atoms with Crippen molar-refractivity contribution in [2.45, 2.75) is 0 Å². The molecule has 0 saturated carbocycles. The predicted molar refractivity (Wildman–Crippen MR) is 123 cm³/mol. The summed E-state index contributed by atoms with van der Waals surface area (Å²) >= 11 is 0. The van der Waals surface area contributed by atoms with E-state index in [1.54, 1.807) is 36.4 Å². The van der Waals surface area contributed by atoms with Crippen molar-refractivity contribution in [3.8, 4) is 17.1 Å². The maximum absolute atomic E-state index is 12.2.